The largest absolute Gasteiger partial charge is 0.378 e. The summed E-state index contributed by atoms with van der Waals surface area (Å²) in [6.45, 7) is 7.60. The number of ether oxygens (including phenoxy) is 1. The molecule has 0 unspecified atom stereocenters. The molecule has 32 heavy (non-hydrogen) atoms. The summed E-state index contributed by atoms with van der Waals surface area (Å²) in [6, 6.07) is 13.1. The molecule has 0 aliphatic carbocycles. The van der Waals surface area contributed by atoms with Crippen molar-refractivity contribution in [1.29, 1.82) is 5.26 Å². The van der Waals surface area contributed by atoms with Crippen molar-refractivity contribution >= 4 is 11.6 Å². The van der Waals surface area contributed by atoms with Gasteiger partial charge in [-0.05, 0) is 44.6 Å². The molecule has 1 aromatic heterocycles. The van der Waals surface area contributed by atoms with Crippen molar-refractivity contribution in [3.63, 3.8) is 0 Å². The van der Waals surface area contributed by atoms with Gasteiger partial charge in [-0.15, -0.1) is 0 Å². The van der Waals surface area contributed by atoms with Crippen LogP contribution < -0.4 is 10.2 Å². The Morgan fingerprint density at radius 3 is 2.62 bits per heavy atom. The van der Waals surface area contributed by atoms with Crippen molar-refractivity contribution in [2.75, 3.05) is 70.2 Å². The molecule has 3 heterocycles. The maximum absolute atomic E-state index is 10.0. The summed E-state index contributed by atoms with van der Waals surface area (Å²) in [4.78, 5) is 12.0. The summed E-state index contributed by atoms with van der Waals surface area (Å²) in [7, 11) is 4.16. The number of nitriles is 1. The van der Waals surface area contributed by atoms with Crippen molar-refractivity contribution in [3.8, 4) is 6.07 Å². The zero-order valence-corrected chi connectivity index (χ0v) is 19.3. The van der Waals surface area contributed by atoms with Gasteiger partial charge in [0.15, 0.2) is 0 Å². The number of anilines is 2. The van der Waals surface area contributed by atoms with Crippen LogP contribution in [-0.2, 0) is 24.2 Å². The molecule has 0 spiro atoms. The summed E-state index contributed by atoms with van der Waals surface area (Å²) in [6.07, 6.45) is 1.88. The molecular weight excluding hydrogens is 400 g/mol. The third-order valence-corrected chi connectivity index (χ3v) is 6.20. The lowest BCUT2D eigenvalue weighted by atomic mass is 9.94. The lowest BCUT2D eigenvalue weighted by molar-refractivity contribution is 0.122. The van der Waals surface area contributed by atoms with Crippen LogP contribution in [0.25, 0.3) is 0 Å². The Kier molecular flexibility index (Phi) is 7.59. The van der Waals surface area contributed by atoms with E-state index >= 15 is 0 Å². The molecule has 7 heteroatoms. The van der Waals surface area contributed by atoms with Crippen molar-refractivity contribution < 1.29 is 4.74 Å². The van der Waals surface area contributed by atoms with Gasteiger partial charge in [0.25, 0.3) is 0 Å². The van der Waals surface area contributed by atoms with Crippen LogP contribution in [0.1, 0.15) is 28.7 Å². The average Bonchev–Trinajstić information content (AvgIpc) is 2.82. The predicted molar refractivity (Wildman–Crippen MR) is 128 cm³/mol. The number of pyridine rings is 1. The highest BCUT2D eigenvalue weighted by atomic mass is 16.5. The van der Waals surface area contributed by atoms with E-state index < -0.39 is 0 Å². The minimum Gasteiger partial charge on any atom is -0.378 e. The van der Waals surface area contributed by atoms with Crippen LogP contribution in [0.5, 0.6) is 0 Å². The van der Waals surface area contributed by atoms with Gasteiger partial charge in [-0.2, -0.15) is 5.26 Å². The smallest absolute Gasteiger partial charge is 0.146 e. The maximum Gasteiger partial charge on any atom is 0.146 e. The second kappa shape index (κ2) is 10.8. The van der Waals surface area contributed by atoms with Crippen molar-refractivity contribution in [1.82, 2.24) is 14.8 Å². The third-order valence-electron chi connectivity index (χ3n) is 6.20. The predicted octanol–water partition coefficient (Wildman–Crippen LogP) is 2.71. The lowest BCUT2D eigenvalue weighted by Crippen LogP contribution is -2.39. The van der Waals surface area contributed by atoms with E-state index in [0.29, 0.717) is 0 Å². The number of morpholine rings is 1. The third kappa shape index (κ3) is 5.39. The Morgan fingerprint density at radius 1 is 1.12 bits per heavy atom. The summed E-state index contributed by atoms with van der Waals surface area (Å²) in [5, 5.41) is 13.5. The average molecular weight is 435 g/mol. The highest BCUT2D eigenvalue weighted by Crippen LogP contribution is 2.34. The van der Waals surface area contributed by atoms with Crippen LogP contribution in [-0.4, -0.2) is 74.8 Å². The zero-order chi connectivity index (χ0) is 22.3. The number of hydrogen-bond acceptors (Lipinski definition) is 7. The van der Waals surface area contributed by atoms with Crippen molar-refractivity contribution in [2.45, 2.75) is 25.9 Å². The van der Waals surface area contributed by atoms with Gasteiger partial charge in [0, 0.05) is 44.8 Å². The van der Waals surface area contributed by atoms with E-state index in [1.807, 2.05) is 0 Å². The fourth-order valence-corrected chi connectivity index (χ4v) is 4.54. The molecule has 1 saturated heterocycles. The van der Waals surface area contributed by atoms with Gasteiger partial charge in [-0.25, -0.2) is 4.98 Å². The van der Waals surface area contributed by atoms with Crippen LogP contribution >= 0.6 is 0 Å². The van der Waals surface area contributed by atoms with E-state index in [0.717, 1.165) is 89.1 Å². The number of nitrogens with one attached hydrogen (secondary N) is 1. The van der Waals surface area contributed by atoms with E-state index in [-0.39, 0.29) is 0 Å². The first kappa shape index (κ1) is 22.5. The van der Waals surface area contributed by atoms with E-state index in [9.17, 15) is 5.26 Å². The van der Waals surface area contributed by atoms with Crippen LogP contribution in [0.4, 0.5) is 11.6 Å². The molecule has 2 aromatic rings. The second-order valence-corrected chi connectivity index (χ2v) is 8.86. The van der Waals surface area contributed by atoms with Gasteiger partial charge in [0.2, 0.25) is 0 Å². The first-order valence-electron chi connectivity index (χ1n) is 11.6. The van der Waals surface area contributed by atoms with Crippen LogP contribution in [0.2, 0.25) is 0 Å². The molecule has 0 amide bonds. The molecular formula is C25H34N6O. The molecule has 2 aliphatic heterocycles. The summed E-state index contributed by atoms with van der Waals surface area (Å²) < 4.78 is 5.59. The number of fused-ring (bicyclic) bond motifs is 1. The van der Waals surface area contributed by atoms with Gasteiger partial charge in [0.05, 0.1) is 18.8 Å². The minimum absolute atomic E-state index is 0.718. The molecule has 0 radical (unpaired) electrons. The molecule has 1 N–H and O–H groups in total. The number of hydrogen-bond donors (Lipinski definition) is 1. The summed E-state index contributed by atoms with van der Waals surface area (Å²) in [5.41, 5.74) is 4.42. The van der Waals surface area contributed by atoms with E-state index in [2.05, 4.69) is 70.5 Å². The molecule has 0 atom stereocenters. The van der Waals surface area contributed by atoms with Crippen molar-refractivity contribution in [3.05, 3.63) is 52.6 Å². The molecule has 2 aliphatic rings. The van der Waals surface area contributed by atoms with E-state index in [1.54, 1.807) is 0 Å². The van der Waals surface area contributed by atoms with E-state index in [1.165, 1.54) is 16.7 Å². The molecule has 7 nitrogen and oxygen atoms in total. The van der Waals surface area contributed by atoms with Gasteiger partial charge in [-0.3, -0.25) is 4.90 Å². The monoisotopic (exact) mass is 434 g/mol. The van der Waals surface area contributed by atoms with Gasteiger partial charge < -0.3 is 19.9 Å². The second-order valence-electron chi connectivity index (χ2n) is 8.86. The topological polar surface area (TPSA) is 67.7 Å². The Morgan fingerprint density at radius 2 is 1.91 bits per heavy atom. The SMILES string of the molecule is CN(C)CCCNc1nc(N2CCOCC2)c2c(c1C#N)CCN(Cc1ccccc1)C2. The number of aromatic nitrogens is 1. The normalized spacial score (nSPS) is 16.6. The van der Waals surface area contributed by atoms with Crippen LogP contribution in [0.15, 0.2) is 30.3 Å². The van der Waals surface area contributed by atoms with E-state index in [4.69, 9.17) is 9.72 Å². The Hall–Kier alpha value is -2.66. The first-order valence-corrected chi connectivity index (χ1v) is 11.6. The maximum atomic E-state index is 10.0. The summed E-state index contributed by atoms with van der Waals surface area (Å²) in [5.74, 6) is 1.76. The molecule has 0 bridgehead atoms. The van der Waals surface area contributed by atoms with Gasteiger partial charge in [-0.1, -0.05) is 30.3 Å². The fourth-order valence-electron chi connectivity index (χ4n) is 4.54. The van der Waals surface area contributed by atoms with Crippen molar-refractivity contribution in [2.24, 2.45) is 0 Å². The molecule has 170 valence electrons. The molecule has 0 saturated carbocycles. The Balaban J connectivity index is 1.62. The molecule has 4 rings (SSSR count). The minimum atomic E-state index is 0.718. The quantitative estimate of drug-likeness (QED) is 0.641. The Labute approximate surface area is 191 Å². The molecule has 1 aromatic carbocycles. The lowest BCUT2D eigenvalue weighted by Gasteiger charge is -2.35. The Bertz CT molecular complexity index is 934. The van der Waals surface area contributed by atoms with Crippen LogP contribution in [0, 0.1) is 11.3 Å². The number of nitrogens with zero attached hydrogens (tertiary/aromatic N) is 5. The van der Waals surface area contributed by atoms with Crippen LogP contribution in [0.3, 0.4) is 0 Å². The standard InChI is InChI=1S/C25H34N6O/c1-29(2)11-6-10-27-24-22(17-26)21-9-12-30(18-20-7-4-3-5-8-20)19-23(21)25(28-24)31-13-15-32-16-14-31/h3-5,7-8H,6,9-16,18-19H2,1-2H3,(H,27,28). The number of benzene rings is 1. The van der Waals surface area contributed by atoms with Gasteiger partial charge >= 0.3 is 0 Å². The summed E-state index contributed by atoms with van der Waals surface area (Å²) >= 11 is 0. The fraction of sp³-hybridized carbons (Fsp3) is 0.520. The number of rotatable bonds is 8. The zero-order valence-electron chi connectivity index (χ0n) is 19.3. The van der Waals surface area contributed by atoms with Gasteiger partial charge in [0.1, 0.15) is 17.7 Å². The molecule has 1 fully saturated rings. The first-order chi connectivity index (χ1) is 15.7. The highest BCUT2D eigenvalue weighted by Gasteiger charge is 2.28. The highest BCUT2D eigenvalue weighted by molar-refractivity contribution is 5.67.